The third kappa shape index (κ3) is 3.74. The highest BCUT2D eigenvalue weighted by atomic mass is 16.1. The minimum Gasteiger partial charge on any atom is -0.382 e. The Balaban J connectivity index is 1.91. The number of carbonyl (C=O) groups excluding carboxylic acids is 1. The molecule has 1 amide bonds. The topological polar surface area (TPSA) is 81.1 Å². The number of carbonyl (C=O) groups is 1. The van der Waals surface area contributed by atoms with Crippen LogP contribution in [-0.2, 0) is 11.2 Å². The smallest absolute Gasteiger partial charge is 0.221 e. The minimum atomic E-state index is -0.297. The Bertz CT molecular complexity index is 402. The molecule has 4 heteroatoms. The van der Waals surface area contributed by atoms with Crippen molar-refractivity contribution < 1.29 is 4.79 Å². The maximum absolute atomic E-state index is 10.8. The zero-order chi connectivity index (χ0) is 13.0. The standard InChI is InChI=1S/C14H21N3O/c15-11-2-1-3-13(9-11)17-12-6-4-10(5-7-12)8-14(16)18/h4-7,11,13,17H,1-3,8-9,15H2,(H2,16,18). The summed E-state index contributed by atoms with van der Waals surface area (Å²) in [6.45, 7) is 0. The summed E-state index contributed by atoms with van der Waals surface area (Å²) >= 11 is 0. The van der Waals surface area contributed by atoms with Crippen molar-refractivity contribution in [2.75, 3.05) is 5.32 Å². The van der Waals surface area contributed by atoms with Crippen LogP contribution >= 0.6 is 0 Å². The van der Waals surface area contributed by atoms with Crippen LogP contribution in [0.5, 0.6) is 0 Å². The van der Waals surface area contributed by atoms with Gasteiger partial charge in [-0.1, -0.05) is 12.1 Å². The van der Waals surface area contributed by atoms with Crippen molar-refractivity contribution in [3.8, 4) is 0 Å². The summed E-state index contributed by atoms with van der Waals surface area (Å²) in [4.78, 5) is 10.8. The lowest BCUT2D eigenvalue weighted by Gasteiger charge is -2.28. The van der Waals surface area contributed by atoms with E-state index in [2.05, 4.69) is 5.32 Å². The fourth-order valence-corrected chi connectivity index (χ4v) is 2.51. The van der Waals surface area contributed by atoms with Crippen LogP contribution in [0.4, 0.5) is 5.69 Å². The molecule has 1 aromatic rings. The maximum Gasteiger partial charge on any atom is 0.221 e. The molecule has 0 aliphatic heterocycles. The van der Waals surface area contributed by atoms with Gasteiger partial charge in [0, 0.05) is 17.8 Å². The molecule has 1 aliphatic rings. The van der Waals surface area contributed by atoms with E-state index in [-0.39, 0.29) is 5.91 Å². The molecule has 2 unspecified atom stereocenters. The molecule has 0 bridgehead atoms. The summed E-state index contributed by atoms with van der Waals surface area (Å²) in [7, 11) is 0. The van der Waals surface area contributed by atoms with Gasteiger partial charge in [-0.15, -0.1) is 0 Å². The molecule has 1 fully saturated rings. The van der Waals surface area contributed by atoms with Crippen LogP contribution in [-0.4, -0.2) is 18.0 Å². The third-order valence-corrected chi connectivity index (χ3v) is 3.42. The van der Waals surface area contributed by atoms with Gasteiger partial charge in [0.1, 0.15) is 0 Å². The van der Waals surface area contributed by atoms with Crippen molar-refractivity contribution in [2.24, 2.45) is 11.5 Å². The second-order valence-electron chi connectivity index (χ2n) is 5.11. The number of amides is 1. The SMILES string of the molecule is NC(=O)Cc1ccc(NC2CCCC(N)C2)cc1. The molecule has 0 spiro atoms. The summed E-state index contributed by atoms with van der Waals surface area (Å²) in [5.74, 6) is -0.297. The molecule has 1 aromatic carbocycles. The lowest BCUT2D eigenvalue weighted by Crippen LogP contribution is -2.34. The summed E-state index contributed by atoms with van der Waals surface area (Å²) in [5.41, 5.74) is 13.2. The number of rotatable bonds is 4. The highest BCUT2D eigenvalue weighted by molar-refractivity contribution is 5.76. The van der Waals surface area contributed by atoms with E-state index < -0.39 is 0 Å². The Hall–Kier alpha value is -1.55. The molecule has 2 rings (SSSR count). The molecule has 1 saturated carbocycles. The molecule has 0 radical (unpaired) electrons. The van der Waals surface area contributed by atoms with E-state index in [0.717, 1.165) is 24.1 Å². The summed E-state index contributed by atoms with van der Waals surface area (Å²) in [5, 5.41) is 3.50. The highest BCUT2D eigenvalue weighted by Crippen LogP contribution is 2.21. The second kappa shape index (κ2) is 5.87. The van der Waals surface area contributed by atoms with Gasteiger partial charge in [0.05, 0.1) is 6.42 Å². The van der Waals surface area contributed by atoms with Gasteiger partial charge in [-0.3, -0.25) is 4.79 Å². The monoisotopic (exact) mass is 247 g/mol. The van der Waals surface area contributed by atoms with Gasteiger partial charge in [0.15, 0.2) is 0 Å². The van der Waals surface area contributed by atoms with E-state index in [4.69, 9.17) is 11.5 Å². The van der Waals surface area contributed by atoms with Gasteiger partial charge >= 0.3 is 0 Å². The molecular formula is C14H21N3O. The number of nitrogens with one attached hydrogen (secondary N) is 1. The lowest BCUT2D eigenvalue weighted by molar-refractivity contribution is -0.117. The Labute approximate surface area is 108 Å². The van der Waals surface area contributed by atoms with Crippen LogP contribution in [0.15, 0.2) is 24.3 Å². The molecule has 0 aromatic heterocycles. The lowest BCUT2D eigenvalue weighted by atomic mass is 9.91. The number of hydrogen-bond donors (Lipinski definition) is 3. The van der Waals surface area contributed by atoms with Gasteiger partial charge in [0.25, 0.3) is 0 Å². The Morgan fingerprint density at radius 3 is 2.61 bits per heavy atom. The van der Waals surface area contributed by atoms with E-state index in [9.17, 15) is 4.79 Å². The Morgan fingerprint density at radius 2 is 2.00 bits per heavy atom. The van der Waals surface area contributed by atoms with E-state index in [1.165, 1.54) is 12.8 Å². The number of hydrogen-bond acceptors (Lipinski definition) is 3. The number of anilines is 1. The van der Waals surface area contributed by atoms with Crippen LogP contribution in [0.1, 0.15) is 31.2 Å². The molecule has 2 atom stereocenters. The van der Waals surface area contributed by atoms with Crippen molar-refractivity contribution in [1.82, 2.24) is 0 Å². The molecule has 5 N–H and O–H groups in total. The van der Waals surface area contributed by atoms with Crippen molar-refractivity contribution in [3.63, 3.8) is 0 Å². The molecule has 0 heterocycles. The average Bonchev–Trinajstić information content (AvgIpc) is 2.31. The fourth-order valence-electron chi connectivity index (χ4n) is 2.51. The van der Waals surface area contributed by atoms with Gasteiger partial charge in [-0.05, 0) is 43.4 Å². The summed E-state index contributed by atoms with van der Waals surface area (Å²) < 4.78 is 0. The Kier molecular flexibility index (Phi) is 4.20. The first kappa shape index (κ1) is 12.9. The van der Waals surface area contributed by atoms with Gasteiger partial charge in [-0.25, -0.2) is 0 Å². The van der Waals surface area contributed by atoms with E-state index >= 15 is 0 Å². The summed E-state index contributed by atoms with van der Waals surface area (Å²) in [6.07, 6.45) is 4.84. The number of primary amides is 1. The zero-order valence-electron chi connectivity index (χ0n) is 10.6. The molecule has 0 saturated heterocycles. The summed E-state index contributed by atoms with van der Waals surface area (Å²) in [6, 6.07) is 8.67. The number of benzene rings is 1. The first-order valence-electron chi connectivity index (χ1n) is 6.53. The third-order valence-electron chi connectivity index (χ3n) is 3.42. The first-order valence-corrected chi connectivity index (χ1v) is 6.53. The number of nitrogens with two attached hydrogens (primary N) is 2. The van der Waals surface area contributed by atoms with Crippen LogP contribution < -0.4 is 16.8 Å². The van der Waals surface area contributed by atoms with E-state index in [1.54, 1.807) is 0 Å². The van der Waals surface area contributed by atoms with Crippen LogP contribution in [0.3, 0.4) is 0 Å². The van der Waals surface area contributed by atoms with E-state index in [1.807, 2.05) is 24.3 Å². The largest absolute Gasteiger partial charge is 0.382 e. The fraction of sp³-hybridized carbons (Fsp3) is 0.500. The average molecular weight is 247 g/mol. The highest BCUT2D eigenvalue weighted by Gasteiger charge is 2.18. The van der Waals surface area contributed by atoms with Crippen LogP contribution in [0, 0.1) is 0 Å². The Morgan fingerprint density at radius 1 is 1.28 bits per heavy atom. The normalized spacial score (nSPS) is 23.6. The molecule has 18 heavy (non-hydrogen) atoms. The predicted molar refractivity (Wildman–Crippen MR) is 73.2 cm³/mol. The van der Waals surface area contributed by atoms with Crippen molar-refractivity contribution >= 4 is 11.6 Å². The second-order valence-corrected chi connectivity index (χ2v) is 5.11. The van der Waals surface area contributed by atoms with Crippen molar-refractivity contribution in [3.05, 3.63) is 29.8 Å². The minimum absolute atomic E-state index is 0.297. The quantitative estimate of drug-likeness (QED) is 0.752. The zero-order valence-corrected chi connectivity index (χ0v) is 10.6. The molecule has 4 nitrogen and oxygen atoms in total. The predicted octanol–water partition coefficient (Wildman–Crippen LogP) is 1.40. The van der Waals surface area contributed by atoms with Crippen LogP contribution in [0.25, 0.3) is 0 Å². The van der Waals surface area contributed by atoms with E-state index in [0.29, 0.717) is 18.5 Å². The van der Waals surface area contributed by atoms with Crippen molar-refractivity contribution in [1.29, 1.82) is 0 Å². The van der Waals surface area contributed by atoms with Gasteiger partial charge in [0.2, 0.25) is 5.91 Å². The molecular weight excluding hydrogens is 226 g/mol. The first-order chi connectivity index (χ1) is 8.63. The molecule has 98 valence electrons. The van der Waals surface area contributed by atoms with Gasteiger partial charge in [-0.2, -0.15) is 0 Å². The van der Waals surface area contributed by atoms with Gasteiger partial charge < -0.3 is 16.8 Å². The van der Waals surface area contributed by atoms with Crippen molar-refractivity contribution in [2.45, 2.75) is 44.2 Å². The molecule has 1 aliphatic carbocycles. The van der Waals surface area contributed by atoms with Crippen LogP contribution in [0.2, 0.25) is 0 Å². The maximum atomic E-state index is 10.8.